The van der Waals surface area contributed by atoms with Gasteiger partial charge in [-0.3, -0.25) is 9.89 Å². The second-order valence-electron chi connectivity index (χ2n) is 4.80. The van der Waals surface area contributed by atoms with E-state index in [-0.39, 0.29) is 12.5 Å². The van der Waals surface area contributed by atoms with Crippen LogP contribution < -0.4 is 10.1 Å². The van der Waals surface area contributed by atoms with Gasteiger partial charge < -0.3 is 10.1 Å². The molecule has 0 aliphatic rings. The molecule has 0 radical (unpaired) electrons. The smallest absolute Gasteiger partial charge is 0.263 e. The number of nitrogens with zero attached hydrogens (tertiary/aromatic N) is 1. The number of aromatic nitrogens is 2. The van der Waals surface area contributed by atoms with Crippen LogP contribution in [0.1, 0.15) is 24.6 Å². The Morgan fingerprint density at radius 1 is 1.43 bits per heavy atom. The van der Waals surface area contributed by atoms with Crippen molar-refractivity contribution in [3.8, 4) is 5.75 Å². The van der Waals surface area contributed by atoms with Crippen LogP contribution in [0.5, 0.6) is 5.75 Å². The van der Waals surface area contributed by atoms with Gasteiger partial charge in [-0.2, -0.15) is 5.10 Å². The molecule has 6 heteroatoms. The molecular weight excluding hydrogens is 334 g/mol. The second kappa shape index (κ2) is 7.26. The van der Waals surface area contributed by atoms with Gasteiger partial charge >= 0.3 is 0 Å². The van der Waals surface area contributed by atoms with Crippen molar-refractivity contribution in [1.82, 2.24) is 10.2 Å². The first-order valence-electron chi connectivity index (χ1n) is 6.81. The van der Waals surface area contributed by atoms with Crippen molar-refractivity contribution in [2.75, 3.05) is 11.9 Å². The highest BCUT2D eigenvalue weighted by atomic mass is 79.9. The maximum absolute atomic E-state index is 11.8. The molecule has 1 aromatic heterocycles. The summed E-state index contributed by atoms with van der Waals surface area (Å²) in [6.45, 7) is 4.02. The summed E-state index contributed by atoms with van der Waals surface area (Å²) in [7, 11) is 0. The predicted octanol–water partition coefficient (Wildman–Crippen LogP) is 3.45. The Morgan fingerprint density at radius 2 is 2.24 bits per heavy atom. The Hall–Kier alpha value is -1.82. The number of aryl methyl sites for hydroxylation is 2. The Balaban J connectivity index is 1.86. The standard InChI is InChI=1S/C15H18BrN3O2/c1-3-4-11-8-14(19-18-11)17-15(20)9-21-13-6-5-10(2)7-12(13)16/h5-8H,3-4,9H2,1-2H3,(H2,17,18,19,20). The molecule has 2 rings (SSSR count). The number of nitrogens with one attached hydrogen (secondary N) is 2. The van der Waals surface area contributed by atoms with Crippen LogP contribution in [0, 0.1) is 6.92 Å². The second-order valence-corrected chi connectivity index (χ2v) is 5.65. The van der Waals surface area contributed by atoms with E-state index in [4.69, 9.17) is 4.74 Å². The summed E-state index contributed by atoms with van der Waals surface area (Å²) in [4.78, 5) is 11.8. The fourth-order valence-corrected chi connectivity index (χ4v) is 2.48. The summed E-state index contributed by atoms with van der Waals surface area (Å²) >= 11 is 3.41. The van der Waals surface area contributed by atoms with E-state index in [0.29, 0.717) is 11.6 Å². The molecule has 0 saturated heterocycles. The molecule has 0 bridgehead atoms. The first-order chi connectivity index (χ1) is 10.1. The number of carbonyl (C=O) groups excluding carboxylic acids is 1. The normalized spacial score (nSPS) is 10.4. The van der Waals surface area contributed by atoms with E-state index in [0.717, 1.165) is 28.6 Å². The highest BCUT2D eigenvalue weighted by molar-refractivity contribution is 9.10. The lowest BCUT2D eigenvalue weighted by Crippen LogP contribution is -2.20. The van der Waals surface area contributed by atoms with Crippen LogP contribution in [0.15, 0.2) is 28.7 Å². The van der Waals surface area contributed by atoms with Crippen LogP contribution in [0.4, 0.5) is 5.82 Å². The summed E-state index contributed by atoms with van der Waals surface area (Å²) in [5.74, 6) is 0.927. The Labute approximate surface area is 132 Å². The number of carbonyl (C=O) groups is 1. The van der Waals surface area contributed by atoms with Gasteiger partial charge in [-0.05, 0) is 47.0 Å². The van der Waals surface area contributed by atoms with Gasteiger partial charge in [-0.1, -0.05) is 19.4 Å². The minimum Gasteiger partial charge on any atom is -0.483 e. The van der Waals surface area contributed by atoms with Gasteiger partial charge in [0.05, 0.1) is 4.47 Å². The molecule has 1 aromatic carbocycles. The zero-order valence-electron chi connectivity index (χ0n) is 12.1. The maximum Gasteiger partial charge on any atom is 0.263 e. The Bertz CT molecular complexity index is 625. The predicted molar refractivity (Wildman–Crippen MR) is 85.6 cm³/mol. The SMILES string of the molecule is CCCc1cc(NC(=O)COc2ccc(C)cc2Br)n[nH]1. The zero-order valence-corrected chi connectivity index (χ0v) is 13.7. The minimum atomic E-state index is -0.239. The summed E-state index contributed by atoms with van der Waals surface area (Å²) in [5, 5.41) is 9.63. The van der Waals surface area contributed by atoms with Crippen LogP contribution in [-0.4, -0.2) is 22.7 Å². The van der Waals surface area contributed by atoms with Gasteiger partial charge in [-0.15, -0.1) is 0 Å². The van der Waals surface area contributed by atoms with Crippen LogP contribution in [0.3, 0.4) is 0 Å². The van der Waals surface area contributed by atoms with Crippen molar-refractivity contribution in [3.63, 3.8) is 0 Å². The van der Waals surface area contributed by atoms with Crippen LogP contribution in [0.2, 0.25) is 0 Å². The van der Waals surface area contributed by atoms with Crippen LogP contribution in [-0.2, 0) is 11.2 Å². The third-order valence-electron chi connectivity index (χ3n) is 2.86. The zero-order chi connectivity index (χ0) is 15.2. The number of H-pyrrole nitrogens is 1. The first-order valence-corrected chi connectivity index (χ1v) is 7.61. The third kappa shape index (κ3) is 4.60. The van der Waals surface area contributed by atoms with Gasteiger partial charge in [0.15, 0.2) is 12.4 Å². The van der Waals surface area contributed by atoms with E-state index < -0.39 is 0 Å². The topological polar surface area (TPSA) is 67.0 Å². The average Bonchev–Trinajstić information content (AvgIpc) is 2.85. The van der Waals surface area contributed by atoms with Gasteiger partial charge in [0.1, 0.15) is 5.75 Å². The molecule has 1 amide bonds. The van der Waals surface area contributed by atoms with Crippen LogP contribution >= 0.6 is 15.9 Å². The van der Waals surface area contributed by atoms with Gasteiger partial charge in [-0.25, -0.2) is 0 Å². The number of hydrogen-bond donors (Lipinski definition) is 2. The lowest BCUT2D eigenvalue weighted by Gasteiger charge is -2.08. The van der Waals surface area contributed by atoms with E-state index in [1.807, 2.05) is 31.2 Å². The van der Waals surface area contributed by atoms with Gasteiger partial charge in [0.2, 0.25) is 0 Å². The minimum absolute atomic E-state index is 0.0579. The summed E-state index contributed by atoms with van der Waals surface area (Å²) < 4.78 is 6.32. The molecule has 0 spiro atoms. The van der Waals surface area contributed by atoms with E-state index >= 15 is 0 Å². The van der Waals surface area contributed by atoms with E-state index in [9.17, 15) is 4.79 Å². The molecule has 0 fully saturated rings. The molecule has 5 nitrogen and oxygen atoms in total. The number of aromatic amines is 1. The van der Waals surface area contributed by atoms with Crippen molar-refractivity contribution in [1.29, 1.82) is 0 Å². The largest absolute Gasteiger partial charge is 0.483 e. The maximum atomic E-state index is 11.8. The summed E-state index contributed by atoms with van der Waals surface area (Å²) in [6, 6.07) is 7.55. The first kappa shape index (κ1) is 15.6. The lowest BCUT2D eigenvalue weighted by molar-refractivity contribution is -0.118. The quantitative estimate of drug-likeness (QED) is 0.837. The number of hydrogen-bond acceptors (Lipinski definition) is 3. The fourth-order valence-electron chi connectivity index (χ4n) is 1.87. The molecule has 0 aliphatic carbocycles. The van der Waals surface area contributed by atoms with Gasteiger partial charge in [0.25, 0.3) is 5.91 Å². The van der Waals surface area contributed by atoms with E-state index in [1.54, 1.807) is 0 Å². The number of ether oxygens (including phenoxy) is 1. The molecule has 1 heterocycles. The Kier molecular flexibility index (Phi) is 5.38. The number of amides is 1. The van der Waals surface area contributed by atoms with E-state index in [1.165, 1.54) is 0 Å². The van der Waals surface area contributed by atoms with Crippen molar-refractivity contribution >= 4 is 27.7 Å². The molecule has 0 aliphatic heterocycles. The van der Waals surface area contributed by atoms with E-state index in [2.05, 4.69) is 38.4 Å². The number of anilines is 1. The lowest BCUT2D eigenvalue weighted by atomic mass is 10.2. The number of halogens is 1. The van der Waals surface area contributed by atoms with Crippen LogP contribution in [0.25, 0.3) is 0 Å². The molecule has 0 unspecified atom stereocenters. The van der Waals surface area contributed by atoms with Gasteiger partial charge in [0, 0.05) is 11.8 Å². The highest BCUT2D eigenvalue weighted by Crippen LogP contribution is 2.25. The number of benzene rings is 1. The molecule has 0 atom stereocenters. The highest BCUT2D eigenvalue weighted by Gasteiger charge is 2.08. The van der Waals surface area contributed by atoms with Crippen molar-refractivity contribution in [3.05, 3.63) is 40.0 Å². The molecule has 0 saturated carbocycles. The molecule has 2 N–H and O–H groups in total. The summed E-state index contributed by atoms with van der Waals surface area (Å²) in [5.41, 5.74) is 2.13. The average molecular weight is 352 g/mol. The monoisotopic (exact) mass is 351 g/mol. The van der Waals surface area contributed by atoms with Crippen molar-refractivity contribution < 1.29 is 9.53 Å². The van der Waals surface area contributed by atoms with Crippen molar-refractivity contribution in [2.45, 2.75) is 26.7 Å². The van der Waals surface area contributed by atoms with Crippen molar-refractivity contribution in [2.24, 2.45) is 0 Å². The fraction of sp³-hybridized carbons (Fsp3) is 0.333. The molecule has 112 valence electrons. The Morgan fingerprint density at radius 3 is 2.95 bits per heavy atom. The number of rotatable bonds is 6. The molecule has 21 heavy (non-hydrogen) atoms. The molecular formula is C15H18BrN3O2. The summed E-state index contributed by atoms with van der Waals surface area (Å²) in [6.07, 6.45) is 1.94. The third-order valence-corrected chi connectivity index (χ3v) is 3.48. The molecule has 2 aromatic rings.